The number of nitrogens with one attached hydrogen (secondary N) is 1. The van der Waals surface area contributed by atoms with Crippen molar-refractivity contribution in [3.05, 3.63) is 28.5 Å². The summed E-state index contributed by atoms with van der Waals surface area (Å²) in [7, 11) is 0. The molecule has 1 aliphatic heterocycles. The first-order valence-electron chi connectivity index (χ1n) is 9.50. The van der Waals surface area contributed by atoms with Crippen LogP contribution in [0.5, 0.6) is 0 Å². The number of halogens is 1. The number of hydrogen-bond acceptors (Lipinski definition) is 6. The Labute approximate surface area is 173 Å². The van der Waals surface area contributed by atoms with Gasteiger partial charge < -0.3 is 15.3 Å². The zero-order valence-electron chi connectivity index (χ0n) is 17.0. The Bertz CT molecular complexity index is 938. The standard InChI is InChI=1S/C20H25FN4O3S/c1-11-6-5-9-25(11)18(26)15-16(29-17(23-15)19(27)28)12-7-8-14(22-13(12)10-21)24-20(2,3)4/h7-8,11H,5-6,9-10H2,1-4H3,(H,22,24)(H,27,28). The summed E-state index contributed by atoms with van der Waals surface area (Å²) in [6.07, 6.45) is 1.78. The molecule has 0 spiro atoms. The van der Waals surface area contributed by atoms with Crippen LogP contribution in [0.4, 0.5) is 10.2 Å². The van der Waals surface area contributed by atoms with Crippen LogP contribution < -0.4 is 5.32 Å². The zero-order chi connectivity index (χ0) is 21.3. The minimum atomic E-state index is -1.22. The molecule has 1 atom stereocenters. The molecule has 156 valence electrons. The maximum Gasteiger partial charge on any atom is 0.365 e. The number of aromatic carboxylic acids is 1. The Hall–Kier alpha value is -2.55. The predicted octanol–water partition coefficient (Wildman–Crippen LogP) is 4.21. The van der Waals surface area contributed by atoms with Crippen molar-refractivity contribution in [3.63, 3.8) is 0 Å². The van der Waals surface area contributed by atoms with Crippen molar-refractivity contribution in [1.29, 1.82) is 0 Å². The molecule has 0 aliphatic carbocycles. The van der Waals surface area contributed by atoms with Gasteiger partial charge in [0, 0.05) is 23.7 Å². The van der Waals surface area contributed by atoms with Crippen molar-refractivity contribution in [2.24, 2.45) is 0 Å². The number of nitrogens with zero attached hydrogens (tertiary/aromatic N) is 3. The molecule has 0 radical (unpaired) electrons. The lowest BCUT2D eigenvalue weighted by molar-refractivity contribution is 0.0696. The third kappa shape index (κ3) is 4.55. The van der Waals surface area contributed by atoms with Crippen molar-refractivity contribution in [2.75, 3.05) is 11.9 Å². The highest BCUT2D eigenvalue weighted by Crippen LogP contribution is 2.35. The van der Waals surface area contributed by atoms with E-state index in [1.807, 2.05) is 27.7 Å². The van der Waals surface area contributed by atoms with Crippen LogP contribution in [-0.4, -0.2) is 50.0 Å². The number of amides is 1. The average Bonchev–Trinajstić information content (AvgIpc) is 3.26. The molecule has 1 aliphatic rings. The van der Waals surface area contributed by atoms with Crippen LogP contribution >= 0.6 is 11.3 Å². The molecule has 7 nitrogen and oxygen atoms in total. The molecule has 0 bridgehead atoms. The number of alkyl halides is 1. The number of likely N-dealkylation sites (tertiary alicyclic amines) is 1. The number of carboxylic acids is 1. The molecule has 3 heterocycles. The molecule has 3 rings (SSSR count). The number of anilines is 1. The fourth-order valence-electron chi connectivity index (χ4n) is 3.37. The van der Waals surface area contributed by atoms with Crippen molar-refractivity contribution < 1.29 is 19.1 Å². The third-order valence-corrected chi connectivity index (χ3v) is 5.75. The van der Waals surface area contributed by atoms with Crippen molar-refractivity contribution >= 4 is 29.0 Å². The highest BCUT2D eigenvalue weighted by Gasteiger charge is 2.32. The molecule has 9 heteroatoms. The largest absolute Gasteiger partial charge is 0.476 e. The summed E-state index contributed by atoms with van der Waals surface area (Å²) in [6, 6.07) is 3.42. The molecule has 1 saturated heterocycles. The maximum absolute atomic E-state index is 13.8. The van der Waals surface area contributed by atoms with E-state index in [1.54, 1.807) is 17.0 Å². The number of carbonyl (C=O) groups excluding carboxylic acids is 1. The summed E-state index contributed by atoms with van der Waals surface area (Å²) in [6.45, 7) is 7.61. The first-order chi connectivity index (χ1) is 13.6. The second-order valence-electron chi connectivity index (χ2n) is 8.19. The molecular formula is C20H25FN4O3S. The van der Waals surface area contributed by atoms with E-state index in [1.165, 1.54) is 0 Å². The maximum atomic E-state index is 13.8. The van der Waals surface area contributed by atoms with Gasteiger partial charge in [0.2, 0.25) is 5.01 Å². The van der Waals surface area contributed by atoms with Crippen LogP contribution in [0.3, 0.4) is 0 Å². The molecular weight excluding hydrogens is 395 g/mol. The number of carbonyl (C=O) groups is 2. The number of aromatic nitrogens is 2. The second-order valence-corrected chi connectivity index (χ2v) is 9.19. The molecule has 0 aromatic carbocycles. The van der Waals surface area contributed by atoms with Crippen LogP contribution in [-0.2, 0) is 6.67 Å². The molecule has 2 aromatic heterocycles. The van der Waals surface area contributed by atoms with E-state index >= 15 is 0 Å². The van der Waals surface area contributed by atoms with E-state index in [9.17, 15) is 19.1 Å². The monoisotopic (exact) mass is 420 g/mol. The lowest BCUT2D eigenvalue weighted by Crippen LogP contribution is -2.34. The van der Waals surface area contributed by atoms with Crippen molar-refractivity contribution in [3.8, 4) is 10.4 Å². The normalized spacial score (nSPS) is 16.9. The number of hydrogen-bond donors (Lipinski definition) is 2. The average molecular weight is 421 g/mol. The Balaban J connectivity index is 2.07. The first kappa shape index (κ1) is 21.2. The van der Waals surface area contributed by atoms with Gasteiger partial charge in [-0.15, -0.1) is 11.3 Å². The molecule has 2 aromatic rings. The first-order valence-corrected chi connectivity index (χ1v) is 10.3. The lowest BCUT2D eigenvalue weighted by Gasteiger charge is -2.22. The van der Waals surface area contributed by atoms with Crippen LogP contribution in [0.1, 0.15) is 66.5 Å². The van der Waals surface area contributed by atoms with E-state index in [2.05, 4.69) is 15.3 Å². The summed E-state index contributed by atoms with van der Waals surface area (Å²) in [5, 5.41) is 12.4. The van der Waals surface area contributed by atoms with Gasteiger partial charge >= 0.3 is 5.97 Å². The molecule has 29 heavy (non-hydrogen) atoms. The van der Waals surface area contributed by atoms with Gasteiger partial charge in [0.25, 0.3) is 5.91 Å². The van der Waals surface area contributed by atoms with Crippen LogP contribution in [0.2, 0.25) is 0 Å². The Morgan fingerprint density at radius 2 is 2.07 bits per heavy atom. The smallest absolute Gasteiger partial charge is 0.365 e. The minimum Gasteiger partial charge on any atom is -0.476 e. The Morgan fingerprint density at radius 1 is 1.34 bits per heavy atom. The van der Waals surface area contributed by atoms with Crippen LogP contribution in [0.15, 0.2) is 12.1 Å². The fourth-order valence-corrected chi connectivity index (χ4v) is 4.32. The van der Waals surface area contributed by atoms with Gasteiger partial charge in [0.15, 0.2) is 0 Å². The SMILES string of the molecule is CC1CCCN1C(=O)c1nc(C(=O)O)sc1-c1ccc(NC(C)(C)C)nc1CF. The highest BCUT2D eigenvalue weighted by molar-refractivity contribution is 7.17. The quantitative estimate of drug-likeness (QED) is 0.752. The van der Waals surface area contributed by atoms with Crippen molar-refractivity contribution in [1.82, 2.24) is 14.9 Å². The summed E-state index contributed by atoms with van der Waals surface area (Å²) in [5.41, 5.74) is 0.334. The van der Waals surface area contributed by atoms with Gasteiger partial charge in [0.1, 0.15) is 18.2 Å². The van der Waals surface area contributed by atoms with E-state index in [0.29, 0.717) is 22.8 Å². The van der Waals surface area contributed by atoms with Gasteiger partial charge in [0.05, 0.1) is 10.6 Å². The minimum absolute atomic E-state index is 0.0502. The van der Waals surface area contributed by atoms with Gasteiger partial charge in [-0.25, -0.2) is 19.2 Å². The zero-order valence-corrected chi connectivity index (χ0v) is 17.8. The summed E-state index contributed by atoms with van der Waals surface area (Å²) >= 11 is 0.872. The molecule has 1 amide bonds. The van der Waals surface area contributed by atoms with Gasteiger partial charge in [-0.1, -0.05) is 0 Å². The lowest BCUT2D eigenvalue weighted by atomic mass is 10.1. The summed E-state index contributed by atoms with van der Waals surface area (Å²) in [4.78, 5) is 35.0. The number of rotatable bonds is 5. The number of pyridine rings is 1. The molecule has 1 fully saturated rings. The van der Waals surface area contributed by atoms with Gasteiger partial charge in [-0.3, -0.25) is 4.79 Å². The van der Waals surface area contributed by atoms with E-state index in [0.717, 1.165) is 24.2 Å². The summed E-state index contributed by atoms with van der Waals surface area (Å²) < 4.78 is 13.8. The van der Waals surface area contributed by atoms with E-state index in [-0.39, 0.29) is 33.9 Å². The van der Waals surface area contributed by atoms with Crippen molar-refractivity contribution in [2.45, 2.75) is 58.8 Å². The second kappa shape index (κ2) is 8.06. The number of thiazole rings is 1. The van der Waals surface area contributed by atoms with Crippen LogP contribution in [0, 0.1) is 0 Å². The predicted molar refractivity (Wildman–Crippen MR) is 110 cm³/mol. The van der Waals surface area contributed by atoms with Gasteiger partial charge in [-0.2, -0.15) is 0 Å². The third-order valence-electron chi connectivity index (χ3n) is 4.67. The molecule has 0 saturated carbocycles. The number of carboxylic acid groups (broad SMARTS) is 1. The topological polar surface area (TPSA) is 95.4 Å². The summed E-state index contributed by atoms with van der Waals surface area (Å²) in [5.74, 6) is -1.03. The van der Waals surface area contributed by atoms with Gasteiger partial charge in [-0.05, 0) is 52.7 Å². The Kier molecular flexibility index (Phi) is 5.88. The van der Waals surface area contributed by atoms with Crippen LogP contribution in [0.25, 0.3) is 10.4 Å². The Morgan fingerprint density at radius 3 is 2.62 bits per heavy atom. The molecule has 1 unspecified atom stereocenters. The fraction of sp³-hybridized carbons (Fsp3) is 0.500. The highest BCUT2D eigenvalue weighted by atomic mass is 32.1. The van der Waals surface area contributed by atoms with E-state index in [4.69, 9.17) is 0 Å². The van der Waals surface area contributed by atoms with E-state index < -0.39 is 12.6 Å². The molecule has 2 N–H and O–H groups in total.